The summed E-state index contributed by atoms with van der Waals surface area (Å²) in [5.41, 5.74) is 1.99. The highest BCUT2D eigenvalue weighted by atomic mass is 79.9. The van der Waals surface area contributed by atoms with Gasteiger partial charge < -0.3 is 10.0 Å². The lowest BCUT2D eigenvalue weighted by molar-refractivity contribution is -0.131. The molecule has 0 saturated heterocycles. The maximum Gasteiger partial charge on any atom is 0.328 e. The monoisotopic (exact) mass is 323 g/mol. The smallest absolute Gasteiger partial charge is 0.328 e. The Morgan fingerprint density at radius 1 is 1.58 bits per heavy atom. The van der Waals surface area contributed by atoms with E-state index in [9.17, 15) is 4.79 Å². The lowest BCUT2D eigenvalue weighted by Crippen LogP contribution is -2.21. The van der Waals surface area contributed by atoms with E-state index in [4.69, 9.17) is 5.11 Å². The summed E-state index contributed by atoms with van der Waals surface area (Å²) in [6.07, 6.45) is 4.12. The van der Waals surface area contributed by atoms with E-state index < -0.39 is 5.97 Å². The summed E-state index contributed by atoms with van der Waals surface area (Å²) in [5, 5.41) is 8.74. The van der Waals surface area contributed by atoms with Gasteiger partial charge in [-0.25, -0.2) is 4.79 Å². The van der Waals surface area contributed by atoms with Crippen LogP contribution in [0, 0.1) is 11.8 Å². The number of rotatable bonds is 5. The average molecular weight is 324 g/mol. The Kier molecular flexibility index (Phi) is 4.30. The largest absolute Gasteiger partial charge is 0.478 e. The molecule has 1 saturated carbocycles. The molecule has 1 fully saturated rings. The fraction of sp³-hybridized carbons (Fsp3) is 0.400. The molecule has 1 aromatic carbocycles. The molecule has 1 N–H and O–H groups in total. The van der Waals surface area contributed by atoms with Gasteiger partial charge in [-0.15, -0.1) is 0 Å². The molecule has 102 valence electrons. The third-order valence-electron chi connectivity index (χ3n) is 3.59. The molecule has 3 nitrogen and oxygen atoms in total. The minimum atomic E-state index is -0.924. The normalized spacial score (nSPS) is 21.6. The summed E-state index contributed by atoms with van der Waals surface area (Å²) in [5.74, 6) is 0.653. The number of nitrogens with zero attached hydrogens (tertiary/aromatic N) is 1. The molecule has 2 rings (SSSR count). The van der Waals surface area contributed by atoms with E-state index >= 15 is 0 Å². The zero-order chi connectivity index (χ0) is 14.0. The first-order valence-electron chi connectivity index (χ1n) is 6.39. The molecule has 0 aliphatic heterocycles. The summed E-state index contributed by atoms with van der Waals surface area (Å²) in [6.45, 7) is 3.29. The molecule has 0 radical (unpaired) electrons. The lowest BCUT2D eigenvalue weighted by Gasteiger charge is -2.22. The van der Waals surface area contributed by atoms with Gasteiger partial charge in [0.15, 0.2) is 0 Å². The third-order valence-corrected chi connectivity index (χ3v) is 4.09. The summed E-state index contributed by atoms with van der Waals surface area (Å²) in [6, 6.07) is 5.90. The molecule has 19 heavy (non-hydrogen) atoms. The van der Waals surface area contributed by atoms with Gasteiger partial charge in [-0.1, -0.05) is 28.9 Å². The SMILES string of the molecule is CC1CC1CN(C)c1cc(Br)ccc1C=CC(=O)O. The first-order valence-corrected chi connectivity index (χ1v) is 7.18. The number of aliphatic carboxylic acids is 1. The van der Waals surface area contributed by atoms with Gasteiger partial charge in [0.2, 0.25) is 0 Å². The predicted molar refractivity (Wildman–Crippen MR) is 81.4 cm³/mol. The Morgan fingerprint density at radius 2 is 2.26 bits per heavy atom. The van der Waals surface area contributed by atoms with Crippen LogP contribution >= 0.6 is 15.9 Å². The maximum atomic E-state index is 10.6. The maximum absolute atomic E-state index is 10.6. The van der Waals surface area contributed by atoms with E-state index in [1.54, 1.807) is 6.08 Å². The number of carbonyl (C=O) groups is 1. The van der Waals surface area contributed by atoms with Crippen molar-refractivity contribution in [3.8, 4) is 0 Å². The van der Waals surface area contributed by atoms with Crippen LogP contribution in [0.25, 0.3) is 6.08 Å². The van der Waals surface area contributed by atoms with Crippen molar-refractivity contribution < 1.29 is 9.90 Å². The van der Waals surface area contributed by atoms with Crippen molar-refractivity contribution >= 4 is 33.7 Å². The predicted octanol–water partition coefficient (Wildman–Crippen LogP) is 3.64. The summed E-state index contributed by atoms with van der Waals surface area (Å²) in [7, 11) is 2.06. The molecule has 1 aliphatic rings. The van der Waals surface area contributed by atoms with Crippen molar-refractivity contribution in [1.29, 1.82) is 0 Å². The van der Waals surface area contributed by atoms with Crippen LogP contribution in [-0.4, -0.2) is 24.7 Å². The Morgan fingerprint density at radius 3 is 2.84 bits per heavy atom. The fourth-order valence-electron chi connectivity index (χ4n) is 2.25. The first-order chi connectivity index (χ1) is 8.97. The van der Waals surface area contributed by atoms with E-state index in [1.807, 2.05) is 18.2 Å². The van der Waals surface area contributed by atoms with E-state index in [0.29, 0.717) is 0 Å². The first kappa shape index (κ1) is 14.1. The minimum Gasteiger partial charge on any atom is -0.478 e. The van der Waals surface area contributed by atoms with Crippen LogP contribution in [0.15, 0.2) is 28.7 Å². The molecule has 4 heteroatoms. The molecule has 0 amide bonds. The van der Waals surface area contributed by atoms with Crippen LogP contribution in [-0.2, 0) is 4.79 Å². The van der Waals surface area contributed by atoms with Gasteiger partial charge in [-0.05, 0) is 42.0 Å². The highest BCUT2D eigenvalue weighted by Gasteiger charge is 2.33. The van der Waals surface area contributed by atoms with Gasteiger partial charge in [-0.3, -0.25) is 0 Å². The molecule has 2 unspecified atom stereocenters. The van der Waals surface area contributed by atoms with Crippen LogP contribution in [0.1, 0.15) is 18.9 Å². The van der Waals surface area contributed by atoms with Gasteiger partial charge in [-0.2, -0.15) is 0 Å². The zero-order valence-electron chi connectivity index (χ0n) is 11.1. The van der Waals surface area contributed by atoms with Crippen LogP contribution in [0.3, 0.4) is 0 Å². The Balaban J connectivity index is 2.20. The van der Waals surface area contributed by atoms with Crippen molar-refractivity contribution in [2.45, 2.75) is 13.3 Å². The minimum absolute atomic E-state index is 0.764. The Bertz CT molecular complexity index is 513. The number of hydrogen-bond donors (Lipinski definition) is 1. The third kappa shape index (κ3) is 3.83. The van der Waals surface area contributed by atoms with E-state index in [1.165, 1.54) is 12.5 Å². The standard InChI is InChI=1S/C15H18BrNO2/c1-10-7-12(10)9-17(2)14-8-13(16)5-3-11(14)4-6-15(18)19/h3-6,8,10,12H,7,9H2,1-2H3,(H,18,19). The summed E-state index contributed by atoms with van der Waals surface area (Å²) < 4.78 is 1.01. The molecule has 2 atom stereocenters. The number of benzene rings is 1. The zero-order valence-corrected chi connectivity index (χ0v) is 12.7. The second kappa shape index (κ2) is 5.78. The number of anilines is 1. The van der Waals surface area contributed by atoms with Gasteiger partial charge in [0.05, 0.1) is 0 Å². The number of carboxylic acid groups (broad SMARTS) is 1. The van der Waals surface area contributed by atoms with Crippen LogP contribution < -0.4 is 4.90 Å². The molecule has 0 spiro atoms. The molecular formula is C15H18BrNO2. The van der Waals surface area contributed by atoms with E-state index in [2.05, 4.69) is 34.8 Å². The van der Waals surface area contributed by atoms with Gasteiger partial charge in [0.25, 0.3) is 0 Å². The molecule has 0 heterocycles. The lowest BCUT2D eigenvalue weighted by atomic mass is 10.1. The highest BCUT2D eigenvalue weighted by Crippen LogP contribution is 2.39. The summed E-state index contributed by atoms with van der Waals surface area (Å²) >= 11 is 3.47. The molecule has 0 aromatic heterocycles. The van der Waals surface area contributed by atoms with E-state index in [-0.39, 0.29) is 0 Å². The average Bonchev–Trinajstić information content (AvgIpc) is 3.03. The quantitative estimate of drug-likeness (QED) is 0.841. The molecule has 1 aromatic rings. The highest BCUT2D eigenvalue weighted by molar-refractivity contribution is 9.10. The van der Waals surface area contributed by atoms with Gasteiger partial charge in [0, 0.05) is 29.8 Å². The topological polar surface area (TPSA) is 40.5 Å². The molecule has 0 bridgehead atoms. The van der Waals surface area contributed by atoms with Crippen LogP contribution in [0.2, 0.25) is 0 Å². The fourth-order valence-corrected chi connectivity index (χ4v) is 2.60. The van der Waals surface area contributed by atoms with Gasteiger partial charge in [0.1, 0.15) is 0 Å². The number of halogens is 1. The number of hydrogen-bond acceptors (Lipinski definition) is 2. The second-order valence-electron chi connectivity index (χ2n) is 5.23. The van der Waals surface area contributed by atoms with Crippen LogP contribution in [0.4, 0.5) is 5.69 Å². The Labute approximate surface area is 122 Å². The van der Waals surface area contributed by atoms with Crippen molar-refractivity contribution in [3.05, 3.63) is 34.3 Å². The van der Waals surface area contributed by atoms with Crippen molar-refractivity contribution in [1.82, 2.24) is 0 Å². The van der Waals surface area contributed by atoms with E-state index in [0.717, 1.165) is 34.1 Å². The number of carboxylic acids is 1. The van der Waals surface area contributed by atoms with Crippen molar-refractivity contribution in [2.24, 2.45) is 11.8 Å². The molecule has 1 aliphatic carbocycles. The van der Waals surface area contributed by atoms with Gasteiger partial charge >= 0.3 is 5.97 Å². The van der Waals surface area contributed by atoms with Crippen LogP contribution in [0.5, 0.6) is 0 Å². The van der Waals surface area contributed by atoms with Crippen molar-refractivity contribution in [2.75, 3.05) is 18.5 Å². The molecular weight excluding hydrogens is 306 g/mol. The second-order valence-corrected chi connectivity index (χ2v) is 6.14. The van der Waals surface area contributed by atoms with Crippen molar-refractivity contribution in [3.63, 3.8) is 0 Å². The summed E-state index contributed by atoms with van der Waals surface area (Å²) in [4.78, 5) is 12.9. The Hall–Kier alpha value is -1.29.